The van der Waals surface area contributed by atoms with Gasteiger partial charge in [0.1, 0.15) is 5.82 Å². The Labute approximate surface area is 136 Å². The molecule has 0 heterocycles. The van der Waals surface area contributed by atoms with Crippen LogP contribution in [-0.2, 0) is 9.53 Å². The molecule has 24 heavy (non-hydrogen) atoms. The summed E-state index contributed by atoms with van der Waals surface area (Å²) in [7, 11) is 0. The van der Waals surface area contributed by atoms with Crippen LogP contribution in [0.3, 0.4) is 0 Å². The number of nitro groups is 1. The Bertz CT molecular complexity index is 807. The van der Waals surface area contributed by atoms with E-state index in [1.807, 2.05) is 0 Å². The molecule has 1 N–H and O–H groups in total. The van der Waals surface area contributed by atoms with Crippen molar-refractivity contribution in [3.8, 4) is 0 Å². The van der Waals surface area contributed by atoms with E-state index in [9.17, 15) is 24.1 Å². The molecule has 8 heteroatoms. The van der Waals surface area contributed by atoms with Crippen LogP contribution in [0.2, 0.25) is 0 Å². The maximum atomic E-state index is 13.6. The van der Waals surface area contributed by atoms with Crippen molar-refractivity contribution in [3.63, 3.8) is 0 Å². The van der Waals surface area contributed by atoms with Gasteiger partial charge < -0.3 is 10.1 Å². The standard InChI is InChI=1S/C16H13FN2O5/c1-10-3-2-4-11(7-10)16(21)24-9-15(20)18-14-8-12(19(22)23)5-6-13(14)17/h2-8H,9H2,1H3,(H,18,20). The minimum Gasteiger partial charge on any atom is -0.452 e. The molecule has 2 rings (SSSR count). The predicted molar refractivity (Wildman–Crippen MR) is 83.1 cm³/mol. The van der Waals surface area contributed by atoms with Crippen LogP contribution < -0.4 is 5.32 Å². The summed E-state index contributed by atoms with van der Waals surface area (Å²) in [6.07, 6.45) is 0. The number of carbonyl (C=O) groups is 2. The van der Waals surface area contributed by atoms with Gasteiger partial charge in [0.25, 0.3) is 11.6 Å². The fraction of sp³-hybridized carbons (Fsp3) is 0.125. The summed E-state index contributed by atoms with van der Waals surface area (Å²) in [5, 5.41) is 12.8. The first-order valence-corrected chi connectivity index (χ1v) is 6.84. The van der Waals surface area contributed by atoms with Gasteiger partial charge >= 0.3 is 5.97 Å². The number of non-ortho nitro benzene ring substituents is 1. The molecule has 0 atom stereocenters. The number of benzene rings is 2. The zero-order valence-corrected chi connectivity index (χ0v) is 12.6. The van der Waals surface area contributed by atoms with Crippen LogP contribution >= 0.6 is 0 Å². The second kappa shape index (κ2) is 7.32. The van der Waals surface area contributed by atoms with Gasteiger partial charge in [0.05, 0.1) is 16.2 Å². The van der Waals surface area contributed by atoms with E-state index in [4.69, 9.17) is 4.74 Å². The number of hydrogen-bond acceptors (Lipinski definition) is 5. The third-order valence-corrected chi connectivity index (χ3v) is 3.02. The lowest BCUT2D eigenvalue weighted by Crippen LogP contribution is -2.21. The second-order valence-electron chi connectivity index (χ2n) is 4.92. The smallest absolute Gasteiger partial charge is 0.338 e. The Morgan fingerprint density at radius 3 is 2.67 bits per heavy atom. The number of nitrogens with one attached hydrogen (secondary N) is 1. The Balaban J connectivity index is 1.97. The molecule has 0 bridgehead atoms. The van der Waals surface area contributed by atoms with Crippen molar-refractivity contribution in [3.05, 3.63) is 69.5 Å². The molecule has 2 aromatic carbocycles. The normalized spacial score (nSPS) is 10.1. The van der Waals surface area contributed by atoms with Crippen LogP contribution in [0.1, 0.15) is 15.9 Å². The zero-order chi connectivity index (χ0) is 17.7. The van der Waals surface area contributed by atoms with E-state index in [1.54, 1.807) is 25.1 Å². The zero-order valence-electron chi connectivity index (χ0n) is 12.6. The number of aryl methyl sites for hydroxylation is 1. The number of esters is 1. The van der Waals surface area contributed by atoms with Crippen LogP contribution in [-0.4, -0.2) is 23.4 Å². The first-order chi connectivity index (χ1) is 11.4. The summed E-state index contributed by atoms with van der Waals surface area (Å²) >= 11 is 0. The fourth-order valence-electron chi connectivity index (χ4n) is 1.90. The summed E-state index contributed by atoms with van der Waals surface area (Å²) in [6.45, 7) is 1.16. The summed E-state index contributed by atoms with van der Waals surface area (Å²) < 4.78 is 18.4. The molecule has 0 fully saturated rings. The van der Waals surface area contributed by atoms with Gasteiger partial charge in [0.2, 0.25) is 0 Å². The van der Waals surface area contributed by atoms with E-state index in [0.29, 0.717) is 0 Å². The van der Waals surface area contributed by atoms with E-state index >= 15 is 0 Å². The first-order valence-electron chi connectivity index (χ1n) is 6.84. The van der Waals surface area contributed by atoms with Crippen molar-refractivity contribution >= 4 is 23.3 Å². The van der Waals surface area contributed by atoms with Crippen molar-refractivity contribution in [1.82, 2.24) is 0 Å². The average Bonchev–Trinajstić information content (AvgIpc) is 2.54. The van der Waals surface area contributed by atoms with Crippen LogP contribution in [0.5, 0.6) is 0 Å². The molecule has 0 aliphatic rings. The number of hydrogen-bond donors (Lipinski definition) is 1. The number of rotatable bonds is 5. The van der Waals surface area contributed by atoms with Gasteiger partial charge in [-0.25, -0.2) is 9.18 Å². The van der Waals surface area contributed by atoms with Gasteiger partial charge in [-0.3, -0.25) is 14.9 Å². The number of anilines is 1. The van der Waals surface area contributed by atoms with E-state index < -0.39 is 29.2 Å². The number of amides is 1. The van der Waals surface area contributed by atoms with Crippen LogP contribution in [0.25, 0.3) is 0 Å². The topological polar surface area (TPSA) is 98.5 Å². The molecule has 0 radical (unpaired) electrons. The number of carbonyl (C=O) groups excluding carboxylic acids is 2. The maximum absolute atomic E-state index is 13.6. The summed E-state index contributed by atoms with van der Waals surface area (Å²) in [4.78, 5) is 33.5. The lowest BCUT2D eigenvalue weighted by molar-refractivity contribution is -0.384. The minimum atomic E-state index is -0.834. The van der Waals surface area contributed by atoms with Gasteiger partial charge in [-0.15, -0.1) is 0 Å². The number of nitro benzene ring substituents is 1. The van der Waals surface area contributed by atoms with Crippen LogP contribution in [0.4, 0.5) is 15.8 Å². The van der Waals surface area contributed by atoms with Crippen LogP contribution in [0.15, 0.2) is 42.5 Å². The molecule has 0 saturated carbocycles. The predicted octanol–water partition coefficient (Wildman–Crippen LogP) is 2.84. The summed E-state index contributed by atoms with van der Waals surface area (Å²) in [5.41, 5.74) is 0.404. The van der Waals surface area contributed by atoms with Crippen molar-refractivity contribution in [1.29, 1.82) is 0 Å². The van der Waals surface area contributed by atoms with Gasteiger partial charge in [0, 0.05) is 12.1 Å². The second-order valence-corrected chi connectivity index (χ2v) is 4.92. The maximum Gasteiger partial charge on any atom is 0.338 e. The lowest BCUT2D eigenvalue weighted by atomic mass is 10.1. The Morgan fingerprint density at radius 2 is 2.00 bits per heavy atom. The highest BCUT2D eigenvalue weighted by Gasteiger charge is 2.15. The fourth-order valence-corrected chi connectivity index (χ4v) is 1.90. The first kappa shape index (κ1) is 17.1. The molecular formula is C16H13FN2O5. The summed E-state index contributed by atoms with van der Waals surface area (Å²) in [6, 6.07) is 9.33. The third-order valence-electron chi connectivity index (χ3n) is 3.02. The van der Waals surface area contributed by atoms with Gasteiger partial charge in [-0.1, -0.05) is 17.7 Å². The van der Waals surface area contributed by atoms with Gasteiger partial charge in [-0.05, 0) is 25.1 Å². The van der Waals surface area contributed by atoms with Crippen LogP contribution in [0, 0.1) is 22.9 Å². The molecule has 2 aromatic rings. The minimum absolute atomic E-state index is 0.282. The van der Waals surface area contributed by atoms with Gasteiger partial charge in [0.15, 0.2) is 6.61 Å². The molecule has 124 valence electrons. The van der Waals surface area contributed by atoms with Gasteiger partial charge in [-0.2, -0.15) is 0 Å². The molecule has 0 unspecified atom stereocenters. The highest BCUT2D eigenvalue weighted by Crippen LogP contribution is 2.21. The Hall–Kier alpha value is -3.29. The quantitative estimate of drug-likeness (QED) is 0.516. The third kappa shape index (κ3) is 4.35. The van der Waals surface area contributed by atoms with E-state index in [0.717, 1.165) is 23.8 Å². The number of ether oxygens (including phenoxy) is 1. The Kier molecular flexibility index (Phi) is 5.20. The number of nitrogens with zero attached hydrogens (tertiary/aromatic N) is 1. The lowest BCUT2D eigenvalue weighted by Gasteiger charge is -2.07. The van der Waals surface area contributed by atoms with Crippen molar-refractivity contribution in [2.24, 2.45) is 0 Å². The van der Waals surface area contributed by atoms with E-state index in [1.165, 1.54) is 6.07 Å². The molecule has 0 saturated heterocycles. The van der Waals surface area contributed by atoms with E-state index in [-0.39, 0.29) is 16.9 Å². The number of halogens is 1. The van der Waals surface area contributed by atoms with Crippen molar-refractivity contribution in [2.75, 3.05) is 11.9 Å². The average molecular weight is 332 g/mol. The van der Waals surface area contributed by atoms with E-state index in [2.05, 4.69) is 5.32 Å². The van der Waals surface area contributed by atoms with Crippen molar-refractivity contribution < 1.29 is 23.6 Å². The summed E-state index contributed by atoms with van der Waals surface area (Å²) in [5.74, 6) is -2.34. The molecule has 1 amide bonds. The largest absolute Gasteiger partial charge is 0.452 e. The highest BCUT2D eigenvalue weighted by molar-refractivity contribution is 5.95. The molecule has 0 spiro atoms. The molecule has 0 aromatic heterocycles. The molecule has 0 aliphatic carbocycles. The molecule has 7 nitrogen and oxygen atoms in total. The Morgan fingerprint density at radius 1 is 1.25 bits per heavy atom. The monoisotopic (exact) mass is 332 g/mol. The molecular weight excluding hydrogens is 319 g/mol. The highest BCUT2D eigenvalue weighted by atomic mass is 19.1. The SMILES string of the molecule is Cc1cccc(C(=O)OCC(=O)Nc2cc([N+](=O)[O-])ccc2F)c1. The molecule has 0 aliphatic heterocycles. The van der Waals surface area contributed by atoms with Crippen molar-refractivity contribution in [2.45, 2.75) is 6.92 Å².